The van der Waals surface area contributed by atoms with E-state index in [1.165, 1.54) is 6.33 Å². The zero-order valence-electron chi connectivity index (χ0n) is 17.2. The number of fused-ring (bicyclic) bond motifs is 1. The van der Waals surface area contributed by atoms with Crippen molar-refractivity contribution < 1.29 is 19.0 Å². The van der Waals surface area contributed by atoms with Gasteiger partial charge in [-0.25, -0.2) is 15.0 Å². The van der Waals surface area contributed by atoms with Gasteiger partial charge in [0.2, 0.25) is 18.6 Å². The molecule has 2 aromatic carbocycles. The number of aryl methyl sites for hydroxylation is 1. The first-order valence-corrected chi connectivity index (χ1v) is 9.93. The highest BCUT2D eigenvalue weighted by Gasteiger charge is 2.14. The second kappa shape index (κ2) is 8.38. The summed E-state index contributed by atoms with van der Waals surface area (Å²) in [6.07, 6.45) is 5.20. The van der Waals surface area contributed by atoms with Crippen molar-refractivity contribution in [2.75, 3.05) is 12.1 Å². The van der Waals surface area contributed by atoms with Gasteiger partial charge in [0.15, 0.2) is 11.5 Å². The number of nitrogens with zero attached hydrogens (tertiary/aromatic N) is 4. The number of amides is 1. The van der Waals surface area contributed by atoms with Crippen LogP contribution in [0.2, 0.25) is 0 Å². The highest BCUT2D eigenvalue weighted by Crippen LogP contribution is 2.32. The van der Waals surface area contributed by atoms with Gasteiger partial charge in [-0.3, -0.25) is 9.36 Å². The second-order valence-electron chi connectivity index (χ2n) is 7.10. The molecule has 1 aliphatic heterocycles. The van der Waals surface area contributed by atoms with Crippen LogP contribution in [-0.2, 0) is 11.2 Å². The third-order valence-corrected chi connectivity index (χ3v) is 4.86. The number of benzene rings is 2. The van der Waals surface area contributed by atoms with Crippen molar-refractivity contribution in [3.8, 4) is 28.9 Å². The predicted octanol–water partition coefficient (Wildman–Crippen LogP) is 3.67. The van der Waals surface area contributed by atoms with Crippen molar-refractivity contribution in [3.63, 3.8) is 0 Å². The maximum atomic E-state index is 12.4. The summed E-state index contributed by atoms with van der Waals surface area (Å²) < 4.78 is 18.3. The van der Waals surface area contributed by atoms with E-state index in [0.29, 0.717) is 34.6 Å². The minimum absolute atomic E-state index is 0.131. The minimum atomic E-state index is -0.131. The molecular formula is C23H19N5O4. The molecule has 5 rings (SSSR count). The standard InChI is InChI=1S/C23H19N5O4/c1-15-24-8-9-28(15)21-12-23(26-13-25-21)32-18-5-3-17(4-6-18)27-22(29)11-16-2-7-19-20(10-16)31-14-30-19/h2-10,12-13H,11,14H2,1H3,(H,27,29). The molecule has 0 spiro atoms. The SMILES string of the molecule is Cc1nccn1-c1cc(Oc2ccc(NC(=O)Cc3ccc4c(c3)OCO4)cc2)ncn1. The number of aromatic nitrogens is 4. The number of imidazole rings is 1. The smallest absolute Gasteiger partial charge is 0.231 e. The van der Waals surface area contributed by atoms with Crippen LogP contribution < -0.4 is 19.5 Å². The van der Waals surface area contributed by atoms with Crippen LogP contribution >= 0.6 is 0 Å². The van der Waals surface area contributed by atoms with Gasteiger partial charge in [-0.1, -0.05) is 6.07 Å². The fraction of sp³-hybridized carbons (Fsp3) is 0.130. The van der Waals surface area contributed by atoms with E-state index < -0.39 is 0 Å². The van der Waals surface area contributed by atoms with Gasteiger partial charge in [0, 0.05) is 24.1 Å². The third kappa shape index (κ3) is 4.22. The summed E-state index contributed by atoms with van der Waals surface area (Å²) in [5.74, 6) is 3.70. The Bertz CT molecular complexity index is 1270. The highest BCUT2D eigenvalue weighted by atomic mass is 16.7. The quantitative estimate of drug-likeness (QED) is 0.499. The van der Waals surface area contributed by atoms with Crippen LogP contribution in [0.15, 0.2) is 67.3 Å². The van der Waals surface area contributed by atoms with Crippen LogP contribution in [0.1, 0.15) is 11.4 Å². The number of anilines is 1. The van der Waals surface area contributed by atoms with Crippen LogP contribution in [0, 0.1) is 6.92 Å². The largest absolute Gasteiger partial charge is 0.454 e. The molecule has 3 heterocycles. The van der Waals surface area contributed by atoms with Crippen molar-refractivity contribution in [2.45, 2.75) is 13.3 Å². The van der Waals surface area contributed by atoms with Gasteiger partial charge in [-0.05, 0) is 48.9 Å². The fourth-order valence-corrected chi connectivity index (χ4v) is 3.31. The highest BCUT2D eigenvalue weighted by molar-refractivity contribution is 5.92. The molecule has 9 nitrogen and oxygen atoms in total. The maximum absolute atomic E-state index is 12.4. The maximum Gasteiger partial charge on any atom is 0.231 e. The zero-order chi connectivity index (χ0) is 21.9. The Morgan fingerprint density at radius 2 is 1.91 bits per heavy atom. The summed E-state index contributed by atoms with van der Waals surface area (Å²) in [6, 6.07) is 14.3. The molecule has 1 N–H and O–H groups in total. The Morgan fingerprint density at radius 3 is 2.72 bits per heavy atom. The molecule has 0 radical (unpaired) electrons. The lowest BCUT2D eigenvalue weighted by Crippen LogP contribution is -2.14. The molecule has 2 aromatic heterocycles. The Balaban J connectivity index is 1.21. The number of carbonyl (C=O) groups is 1. The van der Waals surface area contributed by atoms with E-state index in [1.54, 1.807) is 36.5 Å². The molecule has 0 unspecified atom stereocenters. The lowest BCUT2D eigenvalue weighted by molar-refractivity contribution is -0.115. The first-order chi connectivity index (χ1) is 15.6. The van der Waals surface area contributed by atoms with Crippen LogP contribution in [0.3, 0.4) is 0 Å². The molecule has 0 bridgehead atoms. The molecular weight excluding hydrogens is 410 g/mol. The molecule has 0 saturated carbocycles. The van der Waals surface area contributed by atoms with Crippen molar-refractivity contribution in [1.29, 1.82) is 0 Å². The number of ether oxygens (including phenoxy) is 3. The van der Waals surface area contributed by atoms with Gasteiger partial charge in [0.1, 0.15) is 23.7 Å². The van der Waals surface area contributed by atoms with Crippen molar-refractivity contribution in [2.24, 2.45) is 0 Å². The summed E-state index contributed by atoms with van der Waals surface area (Å²) in [6.45, 7) is 2.10. The molecule has 1 amide bonds. The van der Waals surface area contributed by atoms with Gasteiger partial charge in [0.25, 0.3) is 0 Å². The predicted molar refractivity (Wildman–Crippen MR) is 115 cm³/mol. The molecule has 160 valence electrons. The van der Waals surface area contributed by atoms with E-state index in [2.05, 4.69) is 20.3 Å². The number of carbonyl (C=O) groups excluding carboxylic acids is 1. The molecule has 1 aliphatic rings. The van der Waals surface area contributed by atoms with Gasteiger partial charge in [0.05, 0.1) is 6.42 Å². The van der Waals surface area contributed by atoms with Crippen molar-refractivity contribution >= 4 is 11.6 Å². The molecule has 9 heteroatoms. The van der Waals surface area contributed by atoms with E-state index in [0.717, 1.165) is 11.4 Å². The summed E-state index contributed by atoms with van der Waals surface area (Å²) in [4.78, 5) is 25.0. The fourth-order valence-electron chi connectivity index (χ4n) is 3.31. The number of rotatable bonds is 6. The Morgan fingerprint density at radius 1 is 1.06 bits per heavy atom. The van der Waals surface area contributed by atoms with Crippen LogP contribution in [-0.4, -0.2) is 32.2 Å². The number of hydrogen-bond donors (Lipinski definition) is 1. The Labute approximate surface area is 183 Å². The lowest BCUT2D eigenvalue weighted by Gasteiger charge is -2.09. The summed E-state index contributed by atoms with van der Waals surface area (Å²) >= 11 is 0. The average molecular weight is 429 g/mol. The van der Waals surface area contributed by atoms with Gasteiger partial charge in [-0.2, -0.15) is 0 Å². The van der Waals surface area contributed by atoms with Crippen molar-refractivity contribution in [3.05, 3.63) is 78.6 Å². The molecule has 0 atom stereocenters. The van der Waals surface area contributed by atoms with E-state index in [9.17, 15) is 4.79 Å². The van der Waals surface area contributed by atoms with Crippen LogP contribution in [0.25, 0.3) is 5.82 Å². The molecule has 0 fully saturated rings. The topological polar surface area (TPSA) is 100 Å². The molecule has 32 heavy (non-hydrogen) atoms. The Hall–Kier alpha value is -4.40. The average Bonchev–Trinajstić information content (AvgIpc) is 3.43. The van der Waals surface area contributed by atoms with Gasteiger partial charge < -0.3 is 19.5 Å². The Kier molecular flexibility index (Phi) is 5.12. The number of nitrogens with one attached hydrogen (secondary N) is 1. The molecule has 0 saturated heterocycles. The van der Waals surface area contributed by atoms with Crippen LogP contribution in [0.4, 0.5) is 5.69 Å². The monoisotopic (exact) mass is 429 g/mol. The summed E-state index contributed by atoms with van der Waals surface area (Å²) in [7, 11) is 0. The minimum Gasteiger partial charge on any atom is -0.454 e. The molecule has 0 aliphatic carbocycles. The third-order valence-electron chi connectivity index (χ3n) is 4.86. The first kappa shape index (κ1) is 19.6. The summed E-state index contributed by atoms with van der Waals surface area (Å²) in [5.41, 5.74) is 1.51. The molecule has 4 aromatic rings. The second-order valence-corrected chi connectivity index (χ2v) is 7.10. The van der Waals surface area contributed by atoms with E-state index in [4.69, 9.17) is 14.2 Å². The van der Waals surface area contributed by atoms with E-state index in [1.807, 2.05) is 35.9 Å². The normalized spacial score (nSPS) is 11.9. The summed E-state index contributed by atoms with van der Waals surface area (Å²) in [5, 5.41) is 2.88. The van der Waals surface area contributed by atoms with Gasteiger partial charge in [-0.15, -0.1) is 0 Å². The van der Waals surface area contributed by atoms with Crippen LogP contribution in [0.5, 0.6) is 23.1 Å². The first-order valence-electron chi connectivity index (χ1n) is 9.93. The lowest BCUT2D eigenvalue weighted by atomic mass is 10.1. The van der Waals surface area contributed by atoms with Gasteiger partial charge >= 0.3 is 0 Å². The van der Waals surface area contributed by atoms with E-state index in [-0.39, 0.29) is 19.1 Å². The number of hydrogen-bond acceptors (Lipinski definition) is 7. The van der Waals surface area contributed by atoms with E-state index >= 15 is 0 Å². The van der Waals surface area contributed by atoms with Crippen molar-refractivity contribution in [1.82, 2.24) is 19.5 Å². The zero-order valence-corrected chi connectivity index (χ0v) is 17.2.